The number of piperidine rings is 2. The molecule has 33 heavy (non-hydrogen) atoms. The number of amides is 1. The van der Waals surface area contributed by atoms with E-state index in [1.54, 1.807) is 17.2 Å². The Morgan fingerprint density at radius 3 is 2.67 bits per heavy atom. The average Bonchev–Trinajstić information content (AvgIpc) is 3.33. The van der Waals surface area contributed by atoms with E-state index >= 15 is 0 Å². The van der Waals surface area contributed by atoms with Gasteiger partial charge in [0.2, 0.25) is 11.8 Å². The number of rotatable bonds is 4. The van der Waals surface area contributed by atoms with Gasteiger partial charge < -0.3 is 14.1 Å². The largest absolute Gasteiger partial charge is 0.472 e. The zero-order valence-electron chi connectivity index (χ0n) is 17.7. The predicted molar refractivity (Wildman–Crippen MR) is 110 cm³/mol. The van der Waals surface area contributed by atoms with Gasteiger partial charge in [-0.1, -0.05) is 0 Å². The number of hydrogen-bond donors (Lipinski definition) is 0. The van der Waals surface area contributed by atoms with E-state index in [0.717, 1.165) is 30.7 Å². The van der Waals surface area contributed by atoms with Crippen molar-refractivity contribution >= 4 is 5.91 Å². The summed E-state index contributed by atoms with van der Waals surface area (Å²) in [4.78, 5) is 27.7. The van der Waals surface area contributed by atoms with Gasteiger partial charge in [0.15, 0.2) is 0 Å². The summed E-state index contributed by atoms with van der Waals surface area (Å²) < 4.78 is 49.9. The molecule has 172 valence electrons. The molecular weight excluding hydrogens is 437 g/mol. The molecule has 5 heterocycles. The number of ether oxygens (including phenoxy) is 1. The van der Waals surface area contributed by atoms with Crippen LogP contribution in [0.25, 0.3) is 11.5 Å². The smallest absolute Gasteiger partial charge is 0.417 e. The zero-order chi connectivity index (χ0) is 23.2. The summed E-state index contributed by atoms with van der Waals surface area (Å²) in [5.41, 5.74) is 0.799. The fraction of sp³-hybridized carbons (Fsp3) is 0.391. The molecule has 0 aromatic carbocycles. The van der Waals surface area contributed by atoms with Gasteiger partial charge in [0.1, 0.15) is 18.1 Å². The molecule has 0 N–H and O–H groups in total. The van der Waals surface area contributed by atoms with Gasteiger partial charge in [0.25, 0.3) is 5.91 Å². The van der Waals surface area contributed by atoms with Crippen LogP contribution >= 0.6 is 0 Å². The summed E-state index contributed by atoms with van der Waals surface area (Å²) in [6.07, 6.45) is 2.89. The molecule has 2 aliphatic heterocycles. The van der Waals surface area contributed by atoms with E-state index < -0.39 is 11.7 Å². The van der Waals surface area contributed by atoms with E-state index in [2.05, 4.69) is 15.0 Å². The van der Waals surface area contributed by atoms with Crippen molar-refractivity contribution in [2.24, 2.45) is 5.92 Å². The highest BCUT2D eigenvalue weighted by molar-refractivity contribution is 5.99. The number of oxazole rings is 1. The van der Waals surface area contributed by atoms with Crippen molar-refractivity contribution in [3.8, 4) is 17.3 Å². The third-order valence-electron chi connectivity index (χ3n) is 6.33. The zero-order valence-corrected chi connectivity index (χ0v) is 17.7. The molecule has 3 aromatic rings. The molecule has 2 saturated heterocycles. The highest BCUT2D eigenvalue weighted by atomic mass is 19.4. The normalized spacial score (nSPS) is 22.4. The Bertz CT molecular complexity index is 1150. The van der Waals surface area contributed by atoms with E-state index in [9.17, 15) is 18.0 Å². The molecule has 6 rings (SSSR count). The Hall–Kier alpha value is -3.43. The second-order valence-electron chi connectivity index (χ2n) is 8.43. The molecular formula is C23H21F3N4O3. The van der Waals surface area contributed by atoms with Crippen LogP contribution in [0, 0.1) is 12.8 Å². The maximum Gasteiger partial charge on any atom is 0.417 e. The quantitative estimate of drug-likeness (QED) is 0.572. The van der Waals surface area contributed by atoms with Gasteiger partial charge in [0, 0.05) is 25.0 Å². The first-order valence-corrected chi connectivity index (χ1v) is 10.7. The number of carbonyl (C=O) groups is 1. The molecule has 0 unspecified atom stereocenters. The molecule has 3 aromatic heterocycles. The minimum atomic E-state index is -4.46. The summed E-state index contributed by atoms with van der Waals surface area (Å²) in [6, 6.07) is 3.73. The number of aromatic nitrogens is 3. The number of halogens is 3. The lowest BCUT2D eigenvalue weighted by molar-refractivity contribution is -0.137. The van der Waals surface area contributed by atoms with E-state index in [4.69, 9.17) is 9.15 Å². The second-order valence-corrected chi connectivity index (χ2v) is 8.43. The topological polar surface area (TPSA) is 81.4 Å². The number of pyridine rings is 2. The highest BCUT2D eigenvalue weighted by Crippen LogP contribution is 2.39. The third-order valence-corrected chi connectivity index (χ3v) is 6.33. The fourth-order valence-electron chi connectivity index (χ4n) is 4.74. The Kier molecular flexibility index (Phi) is 5.30. The Balaban J connectivity index is 1.40. The van der Waals surface area contributed by atoms with Gasteiger partial charge >= 0.3 is 6.18 Å². The fourth-order valence-corrected chi connectivity index (χ4v) is 4.74. The standard InChI is InChI=1S/C23H21F3N4O3/c1-13-6-7-27-20(19(13)21-28-8-9-32-21)22(31)30-12-14-2-4-16(30)17(10-14)33-18-5-3-15(11-29-18)23(24,25)26/h3,5-9,11,14,16-17H,2,4,10,12H2,1H3/t14-,16+,17-/m1/s1. The lowest BCUT2D eigenvalue weighted by Crippen LogP contribution is -2.59. The molecule has 7 nitrogen and oxygen atoms in total. The first-order chi connectivity index (χ1) is 15.8. The summed E-state index contributed by atoms with van der Waals surface area (Å²) in [6.45, 7) is 2.44. The van der Waals surface area contributed by atoms with Crippen LogP contribution in [0.4, 0.5) is 13.2 Å². The van der Waals surface area contributed by atoms with E-state index in [-0.39, 0.29) is 35.5 Å². The Morgan fingerprint density at radius 2 is 2.00 bits per heavy atom. The van der Waals surface area contributed by atoms with Gasteiger partial charge in [-0.05, 0) is 49.8 Å². The average molecular weight is 458 g/mol. The minimum absolute atomic E-state index is 0.113. The predicted octanol–water partition coefficient (Wildman–Crippen LogP) is 4.53. The number of alkyl halides is 3. The van der Waals surface area contributed by atoms with Crippen LogP contribution in [0.5, 0.6) is 5.88 Å². The molecule has 3 fully saturated rings. The van der Waals surface area contributed by atoms with Gasteiger partial charge in [-0.25, -0.2) is 9.97 Å². The van der Waals surface area contributed by atoms with Crippen LogP contribution in [-0.4, -0.2) is 44.4 Å². The number of fused-ring (bicyclic) bond motifs is 3. The maximum absolute atomic E-state index is 13.6. The molecule has 2 bridgehead atoms. The van der Waals surface area contributed by atoms with Crippen molar-refractivity contribution in [3.63, 3.8) is 0 Å². The van der Waals surface area contributed by atoms with E-state index in [1.807, 2.05) is 6.92 Å². The Labute approximate surface area is 187 Å². The summed E-state index contributed by atoms with van der Waals surface area (Å²) >= 11 is 0. The van der Waals surface area contributed by atoms with Gasteiger partial charge in [0.05, 0.1) is 23.4 Å². The lowest BCUT2D eigenvalue weighted by Gasteiger charge is -2.49. The van der Waals surface area contributed by atoms with Crippen molar-refractivity contribution in [1.82, 2.24) is 19.9 Å². The minimum Gasteiger partial charge on any atom is -0.472 e. The van der Waals surface area contributed by atoms with E-state index in [0.29, 0.717) is 24.4 Å². The van der Waals surface area contributed by atoms with Crippen LogP contribution < -0.4 is 4.74 Å². The van der Waals surface area contributed by atoms with Gasteiger partial charge in [-0.3, -0.25) is 9.78 Å². The van der Waals surface area contributed by atoms with Gasteiger partial charge in [-0.15, -0.1) is 0 Å². The number of nitrogens with zero attached hydrogens (tertiary/aromatic N) is 4. The first kappa shape index (κ1) is 21.4. The lowest BCUT2D eigenvalue weighted by atomic mass is 9.77. The monoisotopic (exact) mass is 458 g/mol. The third kappa shape index (κ3) is 4.05. The van der Waals surface area contributed by atoms with Crippen LogP contribution in [0.3, 0.4) is 0 Å². The van der Waals surface area contributed by atoms with Gasteiger partial charge in [-0.2, -0.15) is 13.2 Å². The van der Waals surface area contributed by atoms with E-state index in [1.165, 1.54) is 18.5 Å². The van der Waals surface area contributed by atoms with Crippen molar-refractivity contribution in [2.75, 3.05) is 6.54 Å². The number of aryl methyl sites for hydroxylation is 1. The summed E-state index contributed by atoms with van der Waals surface area (Å²) in [5, 5.41) is 0. The highest BCUT2D eigenvalue weighted by Gasteiger charge is 2.45. The van der Waals surface area contributed by atoms with Crippen molar-refractivity contribution < 1.29 is 27.1 Å². The maximum atomic E-state index is 13.6. The number of hydrogen-bond acceptors (Lipinski definition) is 6. The molecule has 1 amide bonds. The molecule has 0 radical (unpaired) electrons. The molecule has 1 saturated carbocycles. The molecule has 0 spiro atoms. The summed E-state index contributed by atoms with van der Waals surface area (Å²) in [7, 11) is 0. The Morgan fingerprint density at radius 1 is 1.15 bits per heavy atom. The SMILES string of the molecule is Cc1ccnc(C(=O)N2C[C@@H]3CC[C@H]2[C@H](Oc2ccc(C(F)(F)F)cn2)C3)c1-c1ncco1. The second kappa shape index (κ2) is 8.17. The molecule has 3 aliphatic rings. The van der Waals surface area contributed by atoms with Crippen LogP contribution in [0.15, 0.2) is 47.5 Å². The van der Waals surface area contributed by atoms with Crippen LogP contribution in [0.2, 0.25) is 0 Å². The summed E-state index contributed by atoms with van der Waals surface area (Å²) in [5.74, 6) is 0.429. The van der Waals surface area contributed by atoms with Crippen molar-refractivity contribution in [2.45, 2.75) is 44.5 Å². The first-order valence-electron chi connectivity index (χ1n) is 10.7. The van der Waals surface area contributed by atoms with Crippen molar-refractivity contribution in [3.05, 3.63) is 59.9 Å². The molecule has 10 heteroatoms. The molecule has 1 aliphatic carbocycles. The van der Waals surface area contributed by atoms with Crippen LogP contribution in [0.1, 0.15) is 40.9 Å². The van der Waals surface area contributed by atoms with Crippen LogP contribution in [-0.2, 0) is 6.18 Å². The van der Waals surface area contributed by atoms with Crippen molar-refractivity contribution in [1.29, 1.82) is 0 Å². The molecule has 3 atom stereocenters. The number of carbonyl (C=O) groups excluding carboxylic acids is 1.